The number of ether oxygens (including phenoxy) is 3. The van der Waals surface area contributed by atoms with Crippen LogP contribution in [0.3, 0.4) is 0 Å². The van der Waals surface area contributed by atoms with Crippen molar-refractivity contribution >= 4 is 0 Å². The Hall–Kier alpha value is -0.980. The number of aliphatic hydroxyl groups excluding tert-OH is 1. The molecular formula is C16H25NO4. The monoisotopic (exact) mass is 295 g/mol. The molecule has 2 rings (SSSR count). The summed E-state index contributed by atoms with van der Waals surface area (Å²) in [4.78, 5) is 0. The Morgan fingerprint density at radius 1 is 1.38 bits per heavy atom. The number of aliphatic hydroxyl groups is 1. The summed E-state index contributed by atoms with van der Waals surface area (Å²) in [5.74, 6) is 0. The predicted molar refractivity (Wildman–Crippen MR) is 80.2 cm³/mol. The number of hydrogen-bond donors (Lipinski definition) is 2. The van der Waals surface area contributed by atoms with E-state index in [2.05, 4.69) is 5.32 Å². The molecule has 1 aromatic carbocycles. The zero-order valence-corrected chi connectivity index (χ0v) is 12.6. The Balaban J connectivity index is 1.58. The maximum Gasteiger partial charge on any atom is 0.106 e. The van der Waals surface area contributed by atoms with E-state index < -0.39 is 6.10 Å². The summed E-state index contributed by atoms with van der Waals surface area (Å²) in [5.41, 5.74) is 0.865. The second-order valence-electron chi connectivity index (χ2n) is 5.48. The molecule has 118 valence electrons. The summed E-state index contributed by atoms with van der Waals surface area (Å²) in [6.07, 6.45) is 0.363. The Morgan fingerprint density at radius 2 is 2.19 bits per heavy atom. The maximum absolute atomic E-state index is 9.90. The van der Waals surface area contributed by atoms with Gasteiger partial charge in [-0.05, 0) is 5.56 Å². The first kappa shape index (κ1) is 16.4. The molecule has 0 saturated carbocycles. The lowest BCUT2D eigenvalue weighted by Crippen LogP contribution is -2.45. The molecule has 0 spiro atoms. The van der Waals surface area contributed by atoms with Crippen molar-refractivity contribution in [3.63, 3.8) is 0 Å². The highest BCUT2D eigenvalue weighted by Crippen LogP contribution is 2.21. The van der Waals surface area contributed by atoms with Gasteiger partial charge in [0.05, 0.1) is 25.9 Å². The van der Waals surface area contributed by atoms with Crippen LogP contribution in [0.4, 0.5) is 0 Å². The van der Waals surface area contributed by atoms with E-state index in [1.165, 1.54) is 0 Å². The molecular weight excluding hydrogens is 270 g/mol. The highest BCUT2D eigenvalue weighted by atomic mass is 16.5. The number of hydrogen-bond acceptors (Lipinski definition) is 5. The van der Waals surface area contributed by atoms with Gasteiger partial charge in [-0.2, -0.15) is 0 Å². The zero-order valence-electron chi connectivity index (χ0n) is 12.6. The van der Waals surface area contributed by atoms with Gasteiger partial charge in [-0.3, -0.25) is 0 Å². The zero-order chi connectivity index (χ0) is 15.0. The molecule has 2 unspecified atom stereocenters. The predicted octanol–water partition coefficient (Wildman–Crippen LogP) is 0.959. The minimum Gasteiger partial charge on any atom is -0.389 e. The minimum absolute atomic E-state index is 0.245. The van der Waals surface area contributed by atoms with E-state index in [4.69, 9.17) is 14.2 Å². The lowest BCUT2D eigenvalue weighted by molar-refractivity contribution is -0.0204. The van der Waals surface area contributed by atoms with Gasteiger partial charge in [0.2, 0.25) is 0 Å². The first-order valence-corrected chi connectivity index (χ1v) is 7.37. The molecule has 0 aromatic heterocycles. The second kappa shape index (κ2) is 8.46. The van der Waals surface area contributed by atoms with Crippen LogP contribution < -0.4 is 5.32 Å². The molecule has 0 amide bonds. The maximum atomic E-state index is 9.90. The van der Waals surface area contributed by atoms with Gasteiger partial charge in [0, 0.05) is 33.2 Å². The summed E-state index contributed by atoms with van der Waals surface area (Å²) < 4.78 is 16.4. The smallest absolute Gasteiger partial charge is 0.106 e. The van der Waals surface area contributed by atoms with Gasteiger partial charge in [-0.1, -0.05) is 30.3 Å². The number of benzene rings is 1. The Labute approximate surface area is 126 Å². The van der Waals surface area contributed by atoms with E-state index in [1.54, 1.807) is 7.11 Å². The lowest BCUT2D eigenvalue weighted by Gasteiger charge is -2.26. The average molecular weight is 295 g/mol. The number of nitrogens with one attached hydrogen (secondary N) is 1. The van der Waals surface area contributed by atoms with Crippen LogP contribution in [0.25, 0.3) is 0 Å². The fourth-order valence-corrected chi connectivity index (χ4v) is 2.37. The molecule has 5 heteroatoms. The summed E-state index contributed by atoms with van der Waals surface area (Å²) in [6, 6.07) is 9.94. The summed E-state index contributed by atoms with van der Waals surface area (Å²) in [5, 5.41) is 13.1. The molecule has 0 aliphatic carbocycles. The number of rotatable bonds is 9. The van der Waals surface area contributed by atoms with Crippen LogP contribution in [0.1, 0.15) is 12.0 Å². The van der Waals surface area contributed by atoms with E-state index in [1.807, 2.05) is 30.3 Å². The van der Waals surface area contributed by atoms with E-state index in [0.717, 1.165) is 18.6 Å². The topological polar surface area (TPSA) is 60.0 Å². The van der Waals surface area contributed by atoms with Crippen molar-refractivity contribution in [1.29, 1.82) is 0 Å². The molecule has 1 saturated heterocycles. The molecule has 1 aliphatic rings. The quantitative estimate of drug-likeness (QED) is 0.710. The normalized spacial score (nSPS) is 23.3. The van der Waals surface area contributed by atoms with Crippen molar-refractivity contribution in [2.45, 2.75) is 24.7 Å². The van der Waals surface area contributed by atoms with E-state index in [-0.39, 0.29) is 5.60 Å². The lowest BCUT2D eigenvalue weighted by atomic mass is 10.0. The molecule has 21 heavy (non-hydrogen) atoms. The van der Waals surface area contributed by atoms with Gasteiger partial charge in [0.25, 0.3) is 0 Å². The van der Waals surface area contributed by atoms with Gasteiger partial charge in [0.15, 0.2) is 0 Å². The van der Waals surface area contributed by atoms with Crippen LogP contribution >= 0.6 is 0 Å². The van der Waals surface area contributed by atoms with Crippen LogP contribution in [0, 0.1) is 0 Å². The minimum atomic E-state index is -0.523. The largest absolute Gasteiger partial charge is 0.389 e. The highest BCUT2D eigenvalue weighted by molar-refractivity contribution is 5.13. The van der Waals surface area contributed by atoms with Crippen molar-refractivity contribution in [2.75, 3.05) is 40.0 Å². The number of methoxy groups -OCH3 is 1. The highest BCUT2D eigenvalue weighted by Gasteiger charge is 2.34. The molecule has 1 heterocycles. The fourth-order valence-electron chi connectivity index (χ4n) is 2.37. The van der Waals surface area contributed by atoms with Crippen molar-refractivity contribution in [3.8, 4) is 0 Å². The van der Waals surface area contributed by atoms with Crippen molar-refractivity contribution in [1.82, 2.24) is 5.32 Å². The third kappa shape index (κ3) is 5.37. The van der Waals surface area contributed by atoms with E-state index in [9.17, 15) is 5.11 Å². The third-order valence-corrected chi connectivity index (χ3v) is 3.75. The first-order chi connectivity index (χ1) is 10.2. The van der Waals surface area contributed by atoms with Gasteiger partial charge in [-0.25, -0.2) is 0 Å². The Bertz CT molecular complexity index is 393. The molecule has 2 atom stereocenters. The molecule has 0 radical (unpaired) electrons. The second-order valence-corrected chi connectivity index (χ2v) is 5.48. The molecule has 0 bridgehead atoms. The summed E-state index contributed by atoms with van der Waals surface area (Å²) >= 11 is 0. The van der Waals surface area contributed by atoms with Gasteiger partial charge < -0.3 is 24.6 Å². The van der Waals surface area contributed by atoms with E-state index in [0.29, 0.717) is 32.9 Å². The van der Waals surface area contributed by atoms with Crippen LogP contribution in [0.15, 0.2) is 30.3 Å². The summed E-state index contributed by atoms with van der Waals surface area (Å²) in [6.45, 7) is 3.35. The van der Waals surface area contributed by atoms with Crippen LogP contribution in [0.5, 0.6) is 0 Å². The Kier molecular flexibility index (Phi) is 6.60. The first-order valence-electron chi connectivity index (χ1n) is 7.37. The molecule has 1 aromatic rings. The molecule has 5 nitrogen and oxygen atoms in total. The van der Waals surface area contributed by atoms with Crippen LogP contribution in [-0.2, 0) is 20.8 Å². The van der Waals surface area contributed by atoms with E-state index >= 15 is 0 Å². The average Bonchev–Trinajstić information content (AvgIpc) is 2.98. The van der Waals surface area contributed by atoms with Crippen molar-refractivity contribution in [2.24, 2.45) is 0 Å². The van der Waals surface area contributed by atoms with Gasteiger partial charge in [-0.15, -0.1) is 0 Å². The van der Waals surface area contributed by atoms with Crippen LogP contribution in [-0.4, -0.2) is 56.8 Å². The fraction of sp³-hybridized carbons (Fsp3) is 0.625. The van der Waals surface area contributed by atoms with Gasteiger partial charge >= 0.3 is 0 Å². The van der Waals surface area contributed by atoms with Gasteiger partial charge in [0.1, 0.15) is 5.60 Å². The SMILES string of the molecule is COC1(CNCC(O)COCc2ccccc2)CCOC1. The summed E-state index contributed by atoms with van der Waals surface area (Å²) in [7, 11) is 1.70. The standard InChI is InChI=1S/C16H25NO4/c1-19-16(7-8-20-13-16)12-17-9-15(18)11-21-10-14-5-3-2-4-6-14/h2-6,15,17-18H,7-13H2,1H3. The van der Waals surface area contributed by atoms with Crippen molar-refractivity contribution < 1.29 is 19.3 Å². The van der Waals surface area contributed by atoms with Crippen molar-refractivity contribution in [3.05, 3.63) is 35.9 Å². The molecule has 2 N–H and O–H groups in total. The molecule has 1 fully saturated rings. The third-order valence-electron chi connectivity index (χ3n) is 3.75. The molecule has 1 aliphatic heterocycles. The Morgan fingerprint density at radius 3 is 2.86 bits per heavy atom. The van der Waals surface area contributed by atoms with Crippen LogP contribution in [0.2, 0.25) is 0 Å².